The smallest absolute Gasteiger partial charge is 0.246 e. The number of morpholine rings is 1. The predicted octanol–water partition coefficient (Wildman–Crippen LogP) is 2.78. The van der Waals surface area contributed by atoms with Crippen LogP contribution in [0.2, 0.25) is 0 Å². The van der Waals surface area contributed by atoms with E-state index >= 15 is 0 Å². The summed E-state index contributed by atoms with van der Waals surface area (Å²) in [7, 11) is 0. The molecule has 2 aliphatic carbocycles. The molecule has 2 spiro atoms. The highest BCUT2D eigenvalue weighted by Gasteiger charge is 2.57. The van der Waals surface area contributed by atoms with Crippen molar-refractivity contribution >= 4 is 11.8 Å². The minimum Gasteiger partial charge on any atom is -0.492 e. The molecule has 0 radical (unpaired) electrons. The Morgan fingerprint density at radius 2 is 1.82 bits per heavy atom. The summed E-state index contributed by atoms with van der Waals surface area (Å²) >= 11 is 0. The van der Waals surface area contributed by atoms with E-state index in [4.69, 9.17) is 14.2 Å². The van der Waals surface area contributed by atoms with E-state index in [2.05, 4.69) is 23.5 Å². The van der Waals surface area contributed by atoms with Crippen LogP contribution in [0.4, 0.5) is 0 Å². The number of nitrogens with one attached hydrogen (secondary N) is 1. The highest BCUT2D eigenvalue weighted by atomic mass is 16.5. The number of fused-ring (bicyclic) bond motifs is 4. The summed E-state index contributed by atoms with van der Waals surface area (Å²) in [4.78, 5) is 28.3. The van der Waals surface area contributed by atoms with Gasteiger partial charge < -0.3 is 24.4 Å². The summed E-state index contributed by atoms with van der Waals surface area (Å²) in [6.45, 7) is 2.07. The minimum absolute atomic E-state index is 0.0878. The van der Waals surface area contributed by atoms with Gasteiger partial charge in [0.2, 0.25) is 11.8 Å². The molecule has 1 unspecified atom stereocenters. The van der Waals surface area contributed by atoms with Crippen LogP contribution in [0.3, 0.4) is 0 Å². The Morgan fingerprint density at radius 3 is 2.61 bits per heavy atom. The lowest BCUT2D eigenvalue weighted by Crippen LogP contribution is -2.72. The van der Waals surface area contributed by atoms with Gasteiger partial charge in [0.25, 0.3) is 0 Å². The molecule has 7 heteroatoms. The van der Waals surface area contributed by atoms with Crippen molar-refractivity contribution in [1.29, 1.82) is 0 Å². The topological polar surface area (TPSA) is 77.1 Å². The van der Waals surface area contributed by atoms with Gasteiger partial charge in [-0.15, -0.1) is 0 Å². The van der Waals surface area contributed by atoms with Gasteiger partial charge >= 0.3 is 0 Å². The molecule has 1 aromatic rings. The normalized spacial score (nSPS) is 35.9. The van der Waals surface area contributed by atoms with Crippen LogP contribution in [0.1, 0.15) is 62.8 Å². The summed E-state index contributed by atoms with van der Waals surface area (Å²) in [6.07, 6.45) is 7.68. The first kappa shape index (κ1) is 21.4. The van der Waals surface area contributed by atoms with Crippen LogP contribution >= 0.6 is 0 Å². The second-order valence-corrected chi connectivity index (χ2v) is 10.7. The van der Waals surface area contributed by atoms with Crippen molar-refractivity contribution in [3.63, 3.8) is 0 Å². The minimum atomic E-state index is -0.568. The van der Waals surface area contributed by atoms with Crippen molar-refractivity contribution in [1.82, 2.24) is 10.2 Å². The van der Waals surface area contributed by atoms with E-state index in [1.165, 1.54) is 5.56 Å². The van der Waals surface area contributed by atoms with Gasteiger partial charge in [-0.25, -0.2) is 0 Å². The second-order valence-electron chi connectivity index (χ2n) is 10.7. The van der Waals surface area contributed by atoms with Crippen molar-refractivity contribution < 1.29 is 23.8 Å². The van der Waals surface area contributed by atoms with Gasteiger partial charge in [0.05, 0.1) is 36.3 Å². The third-order valence-corrected chi connectivity index (χ3v) is 8.61. The molecule has 178 valence electrons. The van der Waals surface area contributed by atoms with Gasteiger partial charge in [-0.2, -0.15) is 0 Å². The molecule has 0 aromatic heterocycles. The fraction of sp³-hybridized carbons (Fsp3) is 0.692. The molecular formula is C26H34N2O5. The molecule has 6 aliphatic rings. The fourth-order valence-corrected chi connectivity index (χ4v) is 6.48. The van der Waals surface area contributed by atoms with E-state index in [0.717, 1.165) is 57.1 Å². The molecule has 4 heterocycles. The largest absolute Gasteiger partial charge is 0.492 e. The average molecular weight is 455 g/mol. The Hall–Kier alpha value is -2.12. The lowest BCUT2D eigenvalue weighted by molar-refractivity contribution is -0.159. The zero-order valence-electron chi connectivity index (χ0n) is 19.2. The Morgan fingerprint density at radius 1 is 1.00 bits per heavy atom. The summed E-state index contributed by atoms with van der Waals surface area (Å²) in [5.74, 6) is 1.45. The number of hydrogen-bond acceptors (Lipinski definition) is 5. The van der Waals surface area contributed by atoms with Gasteiger partial charge in [0, 0.05) is 6.54 Å². The first-order valence-corrected chi connectivity index (χ1v) is 12.6. The van der Waals surface area contributed by atoms with Crippen LogP contribution in [0.5, 0.6) is 5.75 Å². The van der Waals surface area contributed by atoms with Crippen molar-refractivity contribution in [2.24, 2.45) is 5.41 Å². The SMILES string of the molecule is O=C1COC[C@@]2(CCCN3C(=O)C4(CC4)COc4ccccc4C4CCC(CC4)OCC32)N1. The lowest BCUT2D eigenvalue weighted by atomic mass is 9.79. The number of amides is 2. The second kappa shape index (κ2) is 8.27. The number of nitrogens with zero attached hydrogens (tertiary/aromatic N) is 1. The molecule has 33 heavy (non-hydrogen) atoms. The van der Waals surface area contributed by atoms with Crippen molar-refractivity contribution in [2.75, 3.05) is 33.0 Å². The standard InChI is InChI=1S/C26H34N2O5/c29-23-15-31-17-26(27-23)10-3-13-28-22(26)14-32-19-8-6-18(7-9-19)20-4-1-2-5-21(20)33-16-25(11-12-25)24(28)30/h1-2,4-5,18-19,22H,3,6-17H2,(H,27,29)/t18?,19?,22?,26-/m1/s1. The average Bonchev–Trinajstić information content (AvgIpc) is 3.63. The van der Waals surface area contributed by atoms with Crippen LogP contribution in [0, 0.1) is 5.41 Å². The third kappa shape index (κ3) is 3.83. The molecule has 7 rings (SSSR count). The molecule has 1 aromatic carbocycles. The van der Waals surface area contributed by atoms with Gasteiger partial charge in [-0.1, -0.05) is 18.2 Å². The third-order valence-electron chi connectivity index (χ3n) is 8.61. The van der Waals surface area contributed by atoms with E-state index in [1.807, 2.05) is 11.0 Å². The molecule has 4 aliphatic heterocycles. The monoisotopic (exact) mass is 454 g/mol. The van der Waals surface area contributed by atoms with E-state index < -0.39 is 11.0 Å². The van der Waals surface area contributed by atoms with E-state index in [0.29, 0.717) is 32.3 Å². The molecule has 2 atom stereocenters. The first-order valence-electron chi connectivity index (χ1n) is 12.6. The number of piperidine rings is 1. The molecule has 2 saturated heterocycles. The predicted molar refractivity (Wildman–Crippen MR) is 121 cm³/mol. The zero-order chi connectivity index (χ0) is 22.5. The Bertz CT molecular complexity index is 919. The maximum Gasteiger partial charge on any atom is 0.246 e. The Labute approximate surface area is 195 Å². The maximum absolute atomic E-state index is 13.9. The van der Waals surface area contributed by atoms with Gasteiger partial charge in [0.15, 0.2) is 0 Å². The molecule has 7 nitrogen and oxygen atoms in total. The van der Waals surface area contributed by atoms with Crippen molar-refractivity contribution in [3.05, 3.63) is 29.8 Å². The first-order chi connectivity index (χ1) is 16.1. The number of benzene rings is 1. The summed E-state index contributed by atoms with van der Waals surface area (Å²) in [6, 6.07) is 8.13. The molecule has 4 fully saturated rings. The molecule has 2 saturated carbocycles. The van der Waals surface area contributed by atoms with Crippen molar-refractivity contribution in [2.45, 2.75) is 75.0 Å². The summed E-state index contributed by atoms with van der Waals surface area (Å²) < 4.78 is 18.6. The van der Waals surface area contributed by atoms with Gasteiger partial charge in [-0.05, 0) is 68.9 Å². The number of hydrogen-bond donors (Lipinski definition) is 1. The number of para-hydroxylation sites is 1. The quantitative estimate of drug-likeness (QED) is 0.652. The number of rotatable bonds is 0. The van der Waals surface area contributed by atoms with Crippen molar-refractivity contribution in [3.8, 4) is 5.75 Å². The van der Waals surface area contributed by atoms with E-state index in [1.54, 1.807) is 0 Å². The molecular weight excluding hydrogens is 420 g/mol. The summed E-state index contributed by atoms with van der Waals surface area (Å²) in [5.41, 5.74) is 0.237. The molecule has 1 N–H and O–H groups in total. The number of carbonyl (C=O) groups excluding carboxylic acids is 2. The maximum atomic E-state index is 13.9. The number of ether oxygens (including phenoxy) is 3. The number of carbonyl (C=O) groups is 2. The van der Waals surface area contributed by atoms with Gasteiger partial charge in [-0.3, -0.25) is 9.59 Å². The van der Waals surface area contributed by atoms with Gasteiger partial charge in [0.1, 0.15) is 19.0 Å². The summed E-state index contributed by atoms with van der Waals surface area (Å²) in [5, 5.41) is 3.22. The lowest BCUT2D eigenvalue weighted by Gasteiger charge is -2.52. The molecule has 2 amide bonds. The highest BCUT2D eigenvalue weighted by molar-refractivity contribution is 5.86. The Kier molecular flexibility index (Phi) is 5.37. The van der Waals surface area contributed by atoms with Crippen LogP contribution in [0.15, 0.2) is 24.3 Å². The highest BCUT2D eigenvalue weighted by Crippen LogP contribution is 2.50. The van der Waals surface area contributed by atoms with Crippen LogP contribution in [-0.4, -0.2) is 67.4 Å². The van der Waals surface area contributed by atoms with Crippen LogP contribution in [-0.2, 0) is 19.1 Å². The Balaban J connectivity index is 1.34. The van der Waals surface area contributed by atoms with Crippen LogP contribution < -0.4 is 10.1 Å². The van der Waals surface area contributed by atoms with E-state index in [9.17, 15) is 9.59 Å². The zero-order valence-corrected chi connectivity index (χ0v) is 19.2. The van der Waals surface area contributed by atoms with E-state index in [-0.39, 0.29) is 30.6 Å². The molecule has 2 bridgehead atoms. The fourth-order valence-electron chi connectivity index (χ4n) is 6.48. The van der Waals surface area contributed by atoms with Crippen LogP contribution in [0.25, 0.3) is 0 Å².